The van der Waals surface area contributed by atoms with Crippen molar-refractivity contribution in [1.29, 1.82) is 0 Å². The van der Waals surface area contributed by atoms with Gasteiger partial charge >= 0.3 is 5.97 Å². The smallest absolute Gasteiger partial charge is 0.334 e. The second-order valence-electron chi connectivity index (χ2n) is 5.74. The number of ether oxygens (including phenoxy) is 1. The normalized spacial score (nSPS) is 23.2. The molecule has 0 aliphatic carbocycles. The van der Waals surface area contributed by atoms with Crippen molar-refractivity contribution in [3.8, 4) is 0 Å². The van der Waals surface area contributed by atoms with Crippen molar-refractivity contribution in [3.63, 3.8) is 0 Å². The summed E-state index contributed by atoms with van der Waals surface area (Å²) in [7, 11) is -3.32. The number of benzene rings is 1. The molecule has 1 aromatic carbocycles. The third-order valence-electron chi connectivity index (χ3n) is 4.11. The van der Waals surface area contributed by atoms with Crippen molar-refractivity contribution >= 4 is 27.6 Å². The summed E-state index contributed by atoms with van der Waals surface area (Å²) in [6.07, 6.45) is -0.477. The zero-order chi connectivity index (χ0) is 17.3. The largest absolute Gasteiger partial charge is 0.479 e. The molecule has 9 heteroatoms. The van der Waals surface area contributed by atoms with Crippen LogP contribution in [0.5, 0.6) is 0 Å². The van der Waals surface area contributed by atoms with Crippen LogP contribution in [0.2, 0.25) is 0 Å². The lowest BCUT2D eigenvalue weighted by Crippen LogP contribution is -2.48. The number of hydrogen-bond acceptors (Lipinski definition) is 5. The number of anilines is 1. The molecule has 1 aromatic rings. The minimum atomic E-state index is -3.32. The lowest BCUT2D eigenvalue weighted by Gasteiger charge is -2.31. The molecule has 0 saturated carbocycles. The maximum atomic E-state index is 12.6. The lowest BCUT2D eigenvalue weighted by molar-refractivity contribution is -0.154. The van der Waals surface area contributed by atoms with Crippen molar-refractivity contribution in [2.45, 2.75) is 12.5 Å². The maximum Gasteiger partial charge on any atom is 0.334 e. The van der Waals surface area contributed by atoms with Gasteiger partial charge in [0.25, 0.3) is 5.91 Å². The van der Waals surface area contributed by atoms with Gasteiger partial charge in [0.2, 0.25) is 10.0 Å². The first kappa shape index (κ1) is 16.7. The molecule has 24 heavy (non-hydrogen) atoms. The van der Waals surface area contributed by atoms with E-state index >= 15 is 0 Å². The topological polar surface area (TPSA) is 104 Å². The molecule has 0 bridgehead atoms. The summed E-state index contributed by atoms with van der Waals surface area (Å²) in [6, 6.07) is 6.42. The zero-order valence-electron chi connectivity index (χ0n) is 12.9. The molecule has 2 saturated heterocycles. The molecule has 0 aromatic heterocycles. The summed E-state index contributed by atoms with van der Waals surface area (Å²) < 4.78 is 30.4. The summed E-state index contributed by atoms with van der Waals surface area (Å²) in [5, 5.41) is 9.02. The van der Waals surface area contributed by atoms with Gasteiger partial charge in [0.15, 0.2) is 6.10 Å². The van der Waals surface area contributed by atoms with Gasteiger partial charge in [0.05, 0.1) is 24.6 Å². The molecule has 1 atom stereocenters. The lowest BCUT2D eigenvalue weighted by atomic mass is 10.1. The Morgan fingerprint density at radius 1 is 1.25 bits per heavy atom. The number of nitrogens with zero attached hydrogens (tertiary/aromatic N) is 2. The van der Waals surface area contributed by atoms with Gasteiger partial charge in [-0.15, -0.1) is 0 Å². The predicted octanol–water partition coefficient (Wildman–Crippen LogP) is 0.152. The fourth-order valence-corrected chi connectivity index (χ4v) is 4.45. The Morgan fingerprint density at radius 3 is 2.71 bits per heavy atom. The molecular weight excluding hydrogens is 336 g/mol. The van der Waals surface area contributed by atoms with E-state index in [9.17, 15) is 18.0 Å². The van der Waals surface area contributed by atoms with Gasteiger partial charge in [0.1, 0.15) is 0 Å². The van der Waals surface area contributed by atoms with Crippen LogP contribution >= 0.6 is 0 Å². The molecule has 2 heterocycles. The van der Waals surface area contributed by atoms with Crippen LogP contribution in [0.25, 0.3) is 0 Å². The monoisotopic (exact) mass is 354 g/mol. The maximum absolute atomic E-state index is 12.6. The Hall–Kier alpha value is -2.13. The fraction of sp³-hybridized carbons (Fsp3) is 0.467. The average Bonchev–Trinajstić information content (AvgIpc) is 2.93. The van der Waals surface area contributed by atoms with E-state index < -0.39 is 22.1 Å². The number of morpholine rings is 1. The van der Waals surface area contributed by atoms with Crippen molar-refractivity contribution in [2.24, 2.45) is 0 Å². The highest BCUT2D eigenvalue weighted by molar-refractivity contribution is 7.93. The van der Waals surface area contributed by atoms with Crippen molar-refractivity contribution in [3.05, 3.63) is 29.8 Å². The molecule has 8 nitrogen and oxygen atoms in total. The Morgan fingerprint density at radius 2 is 2.04 bits per heavy atom. The van der Waals surface area contributed by atoms with Gasteiger partial charge < -0.3 is 14.7 Å². The molecule has 1 N–H and O–H groups in total. The third kappa shape index (κ3) is 3.22. The van der Waals surface area contributed by atoms with E-state index in [1.54, 1.807) is 18.2 Å². The second-order valence-corrected chi connectivity index (χ2v) is 7.75. The highest BCUT2D eigenvalue weighted by Crippen LogP contribution is 2.25. The number of amides is 1. The van der Waals surface area contributed by atoms with Crippen LogP contribution in [0.3, 0.4) is 0 Å². The molecule has 1 amide bonds. The van der Waals surface area contributed by atoms with Gasteiger partial charge in [-0.05, 0) is 24.6 Å². The molecule has 2 fully saturated rings. The van der Waals surface area contributed by atoms with Crippen molar-refractivity contribution in [2.75, 3.05) is 36.3 Å². The molecule has 0 unspecified atom stereocenters. The van der Waals surface area contributed by atoms with Crippen LogP contribution in [-0.2, 0) is 19.6 Å². The minimum absolute atomic E-state index is 0.0274. The standard InChI is InChI=1S/C15H18N2O6S/c18-14(16-6-7-23-13(10-16)15(19)20)11-3-1-4-12(9-11)17-5-2-8-24(17,21)22/h1,3-4,9,13H,2,5-8,10H2,(H,19,20)/t13-/m1/s1. The van der Waals surface area contributed by atoms with Crippen LogP contribution in [0.4, 0.5) is 5.69 Å². The van der Waals surface area contributed by atoms with Crippen molar-refractivity contribution in [1.82, 2.24) is 4.90 Å². The molecule has 130 valence electrons. The molecule has 3 rings (SSSR count). The summed E-state index contributed by atoms with van der Waals surface area (Å²) >= 11 is 0. The van der Waals surface area contributed by atoms with E-state index in [0.717, 1.165) is 0 Å². The van der Waals surface area contributed by atoms with Crippen LogP contribution in [-0.4, -0.2) is 68.4 Å². The van der Waals surface area contributed by atoms with E-state index in [4.69, 9.17) is 9.84 Å². The predicted molar refractivity (Wildman–Crippen MR) is 85.5 cm³/mol. The number of rotatable bonds is 3. The first-order valence-corrected chi connectivity index (χ1v) is 9.23. The van der Waals surface area contributed by atoms with Gasteiger partial charge in [-0.3, -0.25) is 9.10 Å². The van der Waals surface area contributed by atoms with Gasteiger partial charge in [-0.2, -0.15) is 0 Å². The second kappa shape index (κ2) is 6.40. The first-order chi connectivity index (χ1) is 11.4. The van der Waals surface area contributed by atoms with Crippen molar-refractivity contribution < 1.29 is 27.9 Å². The zero-order valence-corrected chi connectivity index (χ0v) is 13.7. The molecule has 2 aliphatic rings. The minimum Gasteiger partial charge on any atom is -0.479 e. The van der Waals surface area contributed by atoms with E-state index in [1.807, 2.05) is 0 Å². The molecule has 2 aliphatic heterocycles. The Kier molecular flexibility index (Phi) is 4.46. The first-order valence-electron chi connectivity index (χ1n) is 7.63. The summed E-state index contributed by atoms with van der Waals surface area (Å²) in [4.78, 5) is 25.0. The third-order valence-corrected chi connectivity index (χ3v) is 5.98. The Bertz CT molecular complexity index is 763. The summed E-state index contributed by atoms with van der Waals surface area (Å²) in [5.41, 5.74) is 0.794. The van der Waals surface area contributed by atoms with Crippen LogP contribution in [0.1, 0.15) is 16.8 Å². The number of carbonyl (C=O) groups is 2. The fourth-order valence-electron chi connectivity index (χ4n) is 2.89. The number of hydrogen-bond donors (Lipinski definition) is 1. The van der Waals surface area contributed by atoms with Crippen LogP contribution in [0.15, 0.2) is 24.3 Å². The number of carboxylic acid groups (broad SMARTS) is 1. The summed E-state index contributed by atoms with van der Waals surface area (Å²) in [5.74, 6) is -1.33. The van der Waals surface area contributed by atoms with E-state index in [-0.39, 0.29) is 24.8 Å². The van der Waals surface area contributed by atoms with Gasteiger partial charge in [-0.1, -0.05) is 6.07 Å². The van der Waals surface area contributed by atoms with Gasteiger partial charge in [-0.25, -0.2) is 13.2 Å². The quantitative estimate of drug-likeness (QED) is 0.829. The number of aliphatic carboxylic acids is 1. The van der Waals surface area contributed by atoms with E-state index in [0.29, 0.717) is 30.8 Å². The number of carboxylic acids is 1. The van der Waals surface area contributed by atoms with Crippen LogP contribution in [0, 0.1) is 0 Å². The number of sulfonamides is 1. The Balaban J connectivity index is 1.81. The molecular formula is C15H18N2O6S. The Labute approximate surface area is 139 Å². The van der Waals surface area contributed by atoms with E-state index in [2.05, 4.69) is 0 Å². The summed E-state index contributed by atoms with van der Waals surface area (Å²) in [6.45, 7) is 0.830. The van der Waals surface area contributed by atoms with Gasteiger partial charge in [0, 0.05) is 18.7 Å². The highest BCUT2D eigenvalue weighted by atomic mass is 32.2. The highest BCUT2D eigenvalue weighted by Gasteiger charge is 2.31. The SMILES string of the molecule is O=C(O)[C@H]1CN(C(=O)c2cccc(N3CCCS3(=O)=O)c2)CCO1. The average molecular weight is 354 g/mol. The van der Waals surface area contributed by atoms with Crippen LogP contribution < -0.4 is 4.31 Å². The molecule has 0 radical (unpaired) electrons. The number of carbonyl (C=O) groups excluding carboxylic acids is 1. The molecule has 0 spiro atoms. The van der Waals surface area contributed by atoms with E-state index in [1.165, 1.54) is 15.3 Å².